The van der Waals surface area contributed by atoms with E-state index in [0.29, 0.717) is 5.41 Å². The molecule has 1 aliphatic heterocycles. The van der Waals surface area contributed by atoms with Crippen LogP contribution in [0.1, 0.15) is 86.5 Å². The van der Waals surface area contributed by atoms with Crippen LogP contribution in [0.5, 0.6) is 0 Å². The molecule has 0 bridgehead atoms. The Bertz CT molecular complexity index is 370. The summed E-state index contributed by atoms with van der Waals surface area (Å²) >= 11 is 0. The van der Waals surface area contributed by atoms with Crippen LogP contribution < -0.4 is 10.6 Å². The highest BCUT2D eigenvalue weighted by molar-refractivity contribution is 5.22. The van der Waals surface area contributed by atoms with Crippen LogP contribution in [0.4, 0.5) is 0 Å². The summed E-state index contributed by atoms with van der Waals surface area (Å²) in [4.78, 5) is 0. The molecule has 2 N–H and O–H groups in total. The molecular weight excluding hydrogens is 316 g/mol. The minimum atomic E-state index is 0.478. The van der Waals surface area contributed by atoms with Gasteiger partial charge in [0.2, 0.25) is 0 Å². The Morgan fingerprint density at radius 3 is 2.27 bits per heavy atom. The summed E-state index contributed by atoms with van der Waals surface area (Å²) < 4.78 is 0. The molecule has 1 unspecified atom stereocenters. The van der Waals surface area contributed by atoms with E-state index in [9.17, 15) is 0 Å². The first-order valence-corrected chi connectivity index (χ1v) is 11.2. The van der Waals surface area contributed by atoms with E-state index in [4.69, 9.17) is 0 Å². The molecule has 1 atom stereocenters. The van der Waals surface area contributed by atoms with Gasteiger partial charge in [0.05, 0.1) is 0 Å². The van der Waals surface area contributed by atoms with Crippen LogP contribution in [0.25, 0.3) is 0 Å². The van der Waals surface area contributed by atoms with Crippen LogP contribution in [0, 0.1) is 17.3 Å². The molecule has 2 nitrogen and oxygen atoms in total. The smallest absolute Gasteiger partial charge is 0.00462 e. The van der Waals surface area contributed by atoms with Crippen molar-refractivity contribution >= 4 is 0 Å². The van der Waals surface area contributed by atoms with Crippen LogP contribution in [0.3, 0.4) is 0 Å². The van der Waals surface area contributed by atoms with Crippen LogP contribution in [0.2, 0.25) is 0 Å². The van der Waals surface area contributed by atoms with Gasteiger partial charge in [-0.3, -0.25) is 0 Å². The molecule has 1 heterocycles. The van der Waals surface area contributed by atoms with Crippen molar-refractivity contribution in [3.8, 4) is 0 Å². The summed E-state index contributed by atoms with van der Waals surface area (Å²) in [5.74, 6) is 1.80. The van der Waals surface area contributed by atoms with Crippen molar-refractivity contribution in [2.75, 3.05) is 26.7 Å². The van der Waals surface area contributed by atoms with Crippen molar-refractivity contribution in [2.45, 2.75) is 86.5 Å². The Morgan fingerprint density at radius 2 is 1.81 bits per heavy atom. The van der Waals surface area contributed by atoms with Gasteiger partial charge < -0.3 is 10.6 Å². The molecular formula is C24H48N2. The minimum Gasteiger partial charge on any atom is -0.320 e. The Balaban J connectivity index is 0.000000446. The first-order valence-electron chi connectivity index (χ1n) is 11.2. The predicted molar refractivity (Wildman–Crippen MR) is 120 cm³/mol. The van der Waals surface area contributed by atoms with E-state index in [1.54, 1.807) is 5.57 Å². The zero-order valence-corrected chi connectivity index (χ0v) is 19.0. The van der Waals surface area contributed by atoms with Gasteiger partial charge in [-0.2, -0.15) is 0 Å². The maximum absolute atomic E-state index is 3.41. The maximum Gasteiger partial charge on any atom is -0.00462 e. The highest BCUT2D eigenvalue weighted by Crippen LogP contribution is 2.30. The molecule has 1 aliphatic carbocycles. The molecule has 1 saturated heterocycles. The Morgan fingerprint density at radius 1 is 1.15 bits per heavy atom. The van der Waals surface area contributed by atoms with Gasteiger partial charge in [-0.1, -0.05) is 71.8 Å². The van der Waals surface area contributed by atoms with Gasteiger partial charge in [0.25, 0.3) is 0 Å². The van der Waals surface area contributed by atoms with E-state index >= 15 is 0 Å². The summed E-state index contributed by atoms with van der Waals surface area (Å²) in [6, 6.07) is 0. The lowest BCUT2D eigenvalue weighted by Crippen LogP contribution is -2.27. The lowest BCUT2D eigenvalue weighted by Gasteiger charge is -2.29. The van der Waals surface area contributed by atoms with Gasteiger partial charge in [0.1, 0.15) is 0 Å². The molecule has 0 saturated carbocycles. The summed E-state index contributed by atoms with van der Waals surface area (Å²) in [5.41, 5.74) is 2.06. The summed E-state index contributed by atoms with van der Waals surface area (Å²) in [6.07, 6.45) is 16.2. The molecule has 0 aromatic rings. The number of hydrogen-bond donors (Lipinski definition) is 2. The van der Waals surface area contributed by atoms with Gasteiger partial charge in [-0.25, -0.2) is 0 Å². The van der Waals surface area contributed by atoms with Gasteiger partial charge in [-0.15, -0.1) is 0 Å². The van der Waals surface area contributed by atoms with Crippen molar-refractivity contribution in [1.29, 1.82) is 0 Å². The van der Waals surface area contributed by atoms with Crippen LogP contribution >= 0.6 is 0 Å². The largest absolute Gasteiger partial charge is 0.320 e. The normalized spacial score (nSPS) is 18.8. The van der Waals surface area contributed by atoms with E-state index in [1.807, 2.05) is 20.9 Å². The maximum atomic E-state index is 3.41. The minimum absolute atomic E-state index is 0.478. The van der Waals surface area contributed by atoms with Gasteiger partial charge in [-0.05, 0) is 82.5 Å². The third-order valence-corrected chi connectivity index (χ3v) is 5.52. The lowest BCUT2D eigenvalue weighted by molar-refractivity contribution is 0.218. The van der Waals surface area contributed by atoms with Crippen molar-refractivity contribution in [3.05, 3.63) is 23.8 Å². The molecule has 26 heavy (non-hydrogen) atoms. The molecule has 0 spiro atoms. The number of rotatable bonds is 6. The first-order chi connectivity index (χ1) is 12.5. The van der Waals surface area contributed by atoms with E-state index in [1.165, 1.54) is 58.0 Å². The van der Waals surface area contributed by atoms with Crippen molar-refractivity contribution < 1.29 is 0 Å². The molecule has 0 aromatic carbocycles. The molecule has 0 radical (unpaired) electrons. The fourth-order valence-corrected chi connectivity index (χ4v) is 3.81. The van der Waals surface area contributed by atoms with Crippen LogP contribution in [-0.2, 0) is 0 Å². The predicted octanol–water partition coefficient (Wildman–Crippen LogP) is 6.35. The lowest BCUT2D eigenvalue weighted by atomic mass is 9.77. The standard InChI is InChI=1S/C12H19N.C10H23N.C2H6/c1-2-4-11(5-3-1)10-12-6-8-13-9-7-12;1-6-9(7-8-11-5)10(2,3)4;1-2/h2,4-5,12-13H,1,3,6-10H2;9,11H,6-8H2,1-5H3;1-2H3. The summed E-state index contributed by atoms with van der Waals surface area (Å²) in [6.45, 7) is 16.9. The SMILES string of the molecule is C1=CC(CC2CCNCC2)=CCC1.CC.CCC(CCNC)C(C)(C)C. The average molecular weight is 365 g/mol. The number of hydrogen-bond acceptors (Lipinski definition) is 2. The van der Waals surface area contributed by atoms with E-state index in [2.05, 4.69) is 56.6 Å². The third kappa shape index (κ3) is 11.9. The Hall–Kier alpha value is -0.600. The van der Waals surface area contributed by atoms with E-state index < -0.39 is 0 Å². The van der Waals surface area contributed by atoms with Crippen molar-refractivity contribution in [2.24, 2.45) is 17.3 Å². The van der Waals surface area contributed by atoms with Crippen molar-refractivity contribution in [3.63, 3.8) is 0 Å². The highest BCUT2D eigenvalue weighted by Gasteiger charge is 2.21. The monoisotopic (exact) mass is 364 g/mol. The average Bonchev–Trinajstić information content (AvgIpc) is 2.65. The van der Waals surface area contributed by atoms with Gasteiger partial charge in [0, 0.05) is 0 Å². The van der Waals surface area contributed by atoms with E-state index in [-0.39, 0.29) is 0 Å². The molecule has 2 aliphatic rings. The molecule has 0 amide bonds. The second kappa shape index (κ2) is 15.5. The summed E-state index contributed by atoms with van der Waals surface area (Å²) in [7, 11) is 2.02. The van der Waals surface area contributed by atoms with Crippen LogP contribution in [0.15, 0.2) is 23.8 Å². The van der Waals surface area contributed by atoms with Crippen LogP contribution in [-0.4, -0.2) is 26.7 Å². The molecule has 2 heteroatoms. The third-order valence-electron chi connectivity index (χ3n) is 5.52. The second-order valence-corrected chi connectivity index (χ2v) is 8.52. The second-order valence-electron chi connectivity index (χ2n) is 8.52. The van der Waals surface area contributed by atoms with Gasteiger partial charge in [0.15, 0.2) is 0 Å². The number of piperidine rings is 1. The topological polar surface area (TPSA) is 24.1 Å². The zero-order valence-electron chi connectivity index (χ0n) is 19.0. The van der Waals surface area contributed by atoms with E-state index in [0.717, 1.165) is 18.4 Å². The molecule has 154 valence electrons. The molecule has 2 rings (SSSR count). The zero-order chi connectivity index (χ0) is 19.8. The summed E-state index contributed by atoms with van der Waals surface area (Å²) in [5, 5.41) is 6.62. The van der Waals surface area contributed by atoms with Gasteiger partial charge >= 0.3 is 0 Å². The molecule has 0 aromatic heterocycles. The first kappa shape index (κ1) is 25.4. The molecule has 1 fully saturated rings. The fraction of sp³-hybridized carbons (Fsp3) is 0.833. The quantitative estimate of drug-likeness (QED) is 0.574. The Labute approximate surface area is 165 Å². The Kier molecular flexibility index (Phi) is 15.1. The fourth-order valence-electron chi connectivity index (χ4n) is 3.81. The van der Waals surface area contributed by atoms with Crippen molar-refractivity contribution in [1.82, 2.24) is 10.6 Å². The highest BCUT2D eigenvalue weighted by atomic mass is 14.9. The number of allylic oxidation sites excluding steroid dienone is 4. The number of nitrogens with one attached hydrogen (secondary N) is 2.